The topological polar surface area (TPSA) is 98.1 Å². The fourth-order valence-electron chi connectivity index (χ4n) is 7.52. The standard InChI is InChI=1S/C40H34N8/c1-18-17-29-30(22(5)19(18)2)36-43-35(29)47-40-28-16-12-11-15-27(28)39(48(40)8)46-34-26-14-10-9-13-25(26)33(41-34)42-37-31-23(6)20(3)21(4)24(7)32(31)38(44-36)45-37/h9-17H,1-8H3,(H,41,42,43,44,45,46,47). The first-order valence-corrected chi connectivity index (χ1v) is 16.3. The van der Waals surface area contributed by atoms with Gasteiger partial charge in [-0.3, -0.25) is 0 Å². The maximum Gasteiger partial charge on any atom is 0.165 e. The van der Waals surface area contributed by atoms with E-state index in [-0.39, 0.29) is 0 Å². The first kappa shape index (κ1) is 28.5. The molecule has 8 nitrogen and oxygen atoms in total. The second-order valence-corrected chi connectivity index (χ2v) is 13.2. The van der Waals surface area contributed by atoms with Gasteiger partial charge in [0, 0.05) is 50.8 Å². The number of nitrogens with one attached hydrogen (secondary N) is 1. The van der Waals surface area contributed by atoms with Crippen LogP contribution in [0.3, 0.4) is 0 Å². The van der Waals surface area contributed by atoms with Crippen LogP contribution in [0.25, 0.3) is 89.7 Å². The van der Waals surface area contributed by atoms with Crippen molar-refractivity contribution in [2.75, 3.05) is 0 Å². The molecule has 2 aliphatic heterocycles. The van der Waals surface area contributed by atoms with Crippen LogP contribution in [0, 0.1) is 48.5 Å². The molecule has 0 saturated heterocycles. The molecule has 0 radical (unpaired) electrons. The Morgan fingerprint density at radius 2 is 0.958 bits per heavy atom. The third kappa shape index (κ3) is 3.77. The summed E-state index contributed by atoms with van der Waals surface area (Å²) in [6.07, 6.45) is 0. The summed E-state index contributed by atoms with van der Waals surface area (Å²) in [5, 5.41) is 4.09. The van der Waals surface area contributed by atoms with Gasteiger partial charge in [-0.15, -0.1) is 0 Å². The molecule has 234 valence electrons. The average molecular weight is 627 g/mol. The van der Waals surface area contributed by atoms with Crippen molar-refractivity contribution >= 4 is 44.1 Å². The van der Waals surface area contributed by atoms with E-state index in [1.807, 2.05) is 35.9 Å². The van der Waals surface area contributed by atoms with E-state index in [2.05, 4.69) is 83.8 Å². The van der Waals surface area contributed by atoms with Crippen molar-refractivity contribution in [3.8, 4) is 45.6 Å². The fraction of sp³-hybridized carbons (Fsp3) is 0.200. The van der Waals surface area contributed by atoms with Gasteiger partial charge in [-0.25, -0.2) is 29.9 Å². The Morgan fingerprint density at radius 1 is 0.479 bits per heavy atom. The Morgan fingerprint density at radius 3 is 1.54 bits per heavy atom. The van der Waals surface area contributed by atoms with Crippen LogP contribution in [0.1, 0.15) is 38.9 Å². The predicted octanol–water partition coefficient (Wildman–Crippen LogP) is 9.04. The Balaban J connectivity index is 1.57. The molecule has 4 aromatic carbocycles. The molecule has 8 heteroatoms. The number of aromatic nitrogens is 8. The first-order valence-electron chi connectivity index (χ1n) is 16.3. The van der Waals surface area contributed by atoms with Crippen molar-refractivity contribution in [1.82, 2.24) is 39.5 Å². The molecule has 0 atom stereocenters. The van der Waals surface area contributed by atoms with Crippen LogP contribution in [0.4, 0.5) is 0 Å². The van der Waals surface area contributed by atoms with E-state index < -0.39 is 0 Å². The van der Waals surface area contributed by atoms with Gasteiger partial charge >= 0.3 is 0 Å². The van der Waals surface area contributed by atoms with Crippen molar-refractivity contribution in [3.05, 3.63) is 93.5 Å². The molecular formula is C40H34N8. The lowest BCUT2D eigenvalue weighted by Gasteiger charge is -2.11. The molecule has 0 saturated carbocycles. The van der Waals surface area contributed by atoms with Gasteiger partial charge in [-0.05, 0) is 93.5 Å². The van der Waals surface area contributed by atoms with Gasteiger partial charge in [0.25, 0.3) is 0 Å². The summed E-state index contributed by atoms with van der Waals surface area (Å²) in [6, 6.07) is 18.6. The van der Waals surface area contributed by atoms with Crippen LogP contribution in [-0.4, -0.2) is 39.5 Å². The molecule has 7 aromatic rings. The number of benzene rings is 4. The van der Waals surface area contributed by atoms with Crippen molar-refractivity contribution in [1.29, 1.82) is 0 Å². The van der Waals surface area contributed by atoms with Gasteiger partial charge in [0.2, 0.25) is 0 Å². The van der Waals surface area contributed by atoms with Crippen molar-refractivity contribution in [3.63, 3.8) is 0 Å². The molecule has 0 aliphatic carbocycles. The van der Waals surface area contributed by atoms with Crippen LogP contribution in [0.15, 0.2) is 54.6 Å². The van der Waals surface area contributed by atoms with Gasteiger partial charge in [-0.1, -0.05) is 48.5 Å². The first-order chi connectivity index (χ1) is 23.1. The van der Waals surface area contributed by atoms with Crippen LogP contribution in [-0.2, 0) is 7.05 Å². The van der Waals surface area contributed by atoms with Crippen molar-refractivity contribution < 1.29 is 0 Å². The number of fused-ring (bicyclic) bond motifs is 20. The summed E-state index contributed by atoms with van der Waals surface area (Å²) in [5.41, 5.74) is 15.3. The molecule has 48 heavy (non-hydrogen) atoms. The number of nitrogens with zero attached hydrogens (tertiary/aromatic N) is 7. The summed E-state index contributed by atoms with van der Waals surface area (Å²) in [4.78, 5) is 35.0. The van der Waals surface area contributed by atoms with E-state index in [1.165, 1.54) is 33.4 Å². The summed E-state index contributed by atoms with van der Waals surface area (Å²) in [5.74, 6) is 2.52. The second-order valence-electron chi connectivity index (χ2n) is 13.2. The summed E-state index contributed by atoms with van der Waals surface area (Å²) in [7, 11) is 2.01. The van der Waals surface area contributed by atoms with E-state index in [1.54, 1.807) is 0 Å². The summed E-state index contributed by atoms with van der Waals surface area (Å²) < 4.78 is 2.05. The Kier molecular flexibility index (Phi) is 5.85. The smallest absolute Gasteiger partial charge is 0.165 e. The van der Waals surface area contributed by atoms with Gasteiger partial charge in [-0.2, -0.15) is 0 Å². The molecule has 3 aromatic heterocycles. The van der Waals surface area contributed by atoms with E-state index in [0.29, 0.717) is 23.3 Å². The van der Waals surface area contributed by atoms with Crippen LogP contribution >= 0.6 is 0 Å². The molecule has 0 amide bonds. The average Bonchev–Trinajstić information content (AvgIpc) is 3.79. The minimum absolute atomic E-state index is 0.617. The zero-order chi connectivity index (χ0) is 33.2. The SMILES string of the molecule is Cc1cc2c(c(C)c1C)-c1nc-2nc2c3ccccc3c(nc3nc(nc4[nH]c(n1)c1c(C)c(C)c(C)c(C)c41)-c1ccccc1-3)n2C. The lowest BCUT2D eigenvalue weighted by molar-refractivity contribution is 0.966. The highest BCUT2D eigenvalue weighted by Crippen LogP contribution is 2.41. The molecule has 2 aliphatic rings. The molecule has 0 unspecified atom stereocenters. The zero-order valence-electron chi connectivity index (χ0n) is 28.3. The Hall–Kier alpha value is -5.76. The molecule has 9 rings (SSSR count). The quantitative estimate of drug-likeness (QED) is 0.180. The lowest BCUT2D eigenvalue weighted by Crippen LogP contribution is -1.94. The number of hydrogen-bond acceptors (Lipinski definition) is 6. The second kappa shape index (κ2) is 9.87. The van der Waals surface area contributed by atoms with Crippen molar-refractivity contribution in [2.24, 2.45) is 7.05 Å². The Bertz CT molecular complexity index is 2760. The fourth-order valence-corrected chi connectivity index (χ4v) is 7.52. The molecular weight excluding hydrogens is 592 g/mol. The molecule has 8 bridgehead atoms. The van der Waals surface area contributed by atoms with E-state index in [9.17, 15) is 0 Å². The highest BCUT2D eigenvalue weighted by molar-refractivity contribution is 6.10. The summed E-state index contributed by atoms with van der Waals surface area (Å²) in [6.45, 7) is 15.2. The lowest BCUT2D eigenvalue weighted by atomic mass is 9.93. The maximum absolute atomic E-state index is 5.35. The van der Waals surface area contributed by atoms with Gasteiger partial charge in [0.1, 0.15) is 22.6 Å². The third-order valence-corrected chi connectivity index (χ3v) is 10.8. The van der Waals surface area contributed by atoms with Crippen LogP contribution < -0.4 is 0 Å². The number of aryl methyl sites for hydroxylation is 4. The normalized spacial score (nSPS) is 12.2. The van der Waals surface area contributed by atoms with Crippen molar-refractivity contribution in [2.45, 2.75) is 48.5 Å². The van der Waals surface area contributed by atoms with Gasteiger partial charge < -0.3 is 9.55 Å². The molecule has 0 spiro atoms. The van der Waals surface area contributed by atoms with Gasteiger partial charge in [0.15, 0.2) is 23.3 Å². The van der Waals surface area contributed by atoms with E-state index in [4.69, 9.17) is 29.9 Å². The molecule has 5 heterocycles. The van der Waals surface area contributed by atoms with E-state index in [0.717, 1.165) is 72.0 Å². The van der Waals surface area contributed by atoms with Crippen LogP contribution in [0.5, 0.6) is 0 Å². The van der Waals surface area contributed by atoms with Gasteiger partial charge in [0.05, 0.1) is 0 Å². The number of aromatic amines is 1. The third-order valence-electron chi connectivity index (χ3n) is 10.8. The predicted molar refractivity (Wildman–Crippen MR) is 194 cm³/mol. The number of hydrogen-bond donors (Lipinski definition) is 1. The van der Waals surface area contributed by atoms with Crippen LogP contribution in [0.2, 0.25) is 0 Å². The van der Waals surface area contributed by atoms with E-state index >= 15 is 0 Å². The minimum Gasteiger partial charge on any atom is -0.324 e. The highest BCUT2D eigenvalue weighted by atomic mass is 15.1. The zero-order valence-corrected chi connectivity index (χ0v) is 28.3. The molecule has 1 N–H and O–H groups in total. The number of rotatable bonds is 0. The minimum atomic E-state index is 0.617. The molecule has 0 fully saturated rings. The number of H-pyrrole nitrogens is 1. The maximum atomic E-state index is 5.35. The Labute approximate surface area is 277 Å². The monoisotopic (exact) mass is 626 g/mol. The highest BCUT2D eigenvalue weighted by Gasteiger charge is 2.26. The largest absolute Gasteiger partial charge is 0.324 e. The summed E-state index contributed by atoms with van der Waals surface area (Å²) >= 11 is 0.